The lowest BCUT2D eigenvalue weighted by Gasteiger charge is -2.20. The molecule has 2 aromatic rings. The number of aromatic nitrogens is 3. The number of benzene rings is 1. The zero-order valence-electron chi connectivity index (χ0n) is 14.6. The Balaban J connectivity index is 2.39. The van der Waals surface area contributed by atoms with Gasteiger partial charge in [0.1, 0.15) is 11.4 Å². The van der Waals surface area contributed by atoms with Gasteiger partial charge in [-0.2, -0.15) is 10.3 Å². The van der Waals surface area contributed by atoms with Crippen LogP contribution in [0, 0.1) is 0 Å². The van der Waals surface area contributed by atoms with Crippen molar-refractivity contribution >= 4 is 5.97 Å². The first kappa shape index (κ1) is 17.9. The van der Waals surface area contributed by atoms with Crippen molar-refractivity contribution in [1.29, 1.82) is 0 Å². The highest BCUT2D eigenvalue weighted by atomic mass is 16.5. The van der Waals surface area contributed by atoms with Crippen molar-refractivity contribution in [2.24, 2.45) is 0 Å². The molecule has 0 saturated carbocycles. The molecule has 0 saturated heterocycles. The summed E-state index contributed by atoms with van der Waals surface area (Å²) in [6.45, 7) is 8.95. The van der Waals surface area contributed by atoms with Crippen molar-refractivity contribution in [3.05, 3.63) is 29.5 Å². The van der Waals surface area contributed by atoms with E-state index in [4.69, 9.17) is 9.47 Å². The van der Waals surface area contributed by atoms with Crippen LogP contribution in [0.25, 0.3) is 11.3 Å². The molecule has 0 amide bonds. The summed E-state index contributed by atoms with van der Waals surface area (Å²) in [5.41, 5.74) is 2.51. The maximum Gasteiger partial charge on any atom is 0.361 e. The van der Waals surface area contributed by atoms with Crippen molar-refractivity contribution in [1.82, 2.24) is 20.3 Å². The molecule has 0 atom stereocenters. The largest absolute Gasteiger partial charge is 0.496 e. The second-order valence-corrected chi connectivity index (χ2v) is 5.23. The van der Waals surface area contributed by atoms with Crippen LogP contribution >= 0.6 is 0 Å². The molecule has 1 N–H and O–H groups in total. The van der Waals surface area contributed by atoms with Gasteiger partial charge in [-0.05, 0) is 38.2 Å². The molecule has 7 heteroatoms. The summed E-state index contributed by atoms with van der Waals surface area (Å²) in [7, 11) is 1.65. The Hall–Kier alpha value is -2.41. The summed E-state index contributed by atoms with van der Waals surface area (Å²) in [5.74, 6) is 0.328. The minimum Gasteiger partial charge on any atom is -0.496 e. The van der Waals surface area contributed by atoms with E-state index in [9.17, 15) is 4.79 Å². The summed E-state index contributed by atoms with van der Waals surface area (Å²) >= 11 is 0. The van der Waals surface area contributed by atoms with Crippen molar-refractivity contribution in [2.75, 3.05) is 26.8 Å². The lowest BCUT2D eigenvalue weighted by molar-refractivity contribution is 0.0520. The monoisotopic (exact) mass is 332 g/mol. The van der Waals surface area contributed by atoms with Crippen LogP contribution < -0.4 is 4.74 Å². The second-order valence-electron chi connectivity index (χ2n) is 5.23. The van der Waals surface area contributed by atoms with Gasteiger partial charge >= 0.3 is 5.97 Å². The van der Waals surface area contributed by atoms with E-state index in [1.165, 1.54) is 0 Å². The Morgan fingerprint density at radius 1 is 1.21 bits per heavy atom. The van der Waals surface area contributed by atoms with Gasteiger partial charge in [0.05, 0.1) is 13.7 Å². The molecule has 1 heterocycles. The van der Waals surface area contributed by atoms with Gasteiger partial charge in [-0.1, -0.05) is 13.8 Å². The van der Waals surface area contributed by atoms with Crippen molar-refractivity contribution in [3.63, 3.8) is 0 Å². The maximum absolute atomic E-state index is 12.0. The standard InChI is InChI=1S/C17H24N4O3/c1-5-21(6-2)11-13-10-12(8-9-14(13)23-4)15-16(19-20-18-15)17(22)24-7-3/h8-10H,5-7,11H2,1-4H3,(H,18,19,20). The highest BCUT2D eigenvalue weighted by Gasteiger charge is 2.20. The minimum absolute atomic E-state index is 0.191. The molecular formula is C17H24N4O3. The van der Waals surface area contributed by atoms with Crippen LogP contribution in [0.2, 0.25) is 0 Å². The van der Waals surface area contributed by atoms with E-state index in [1.54, 1.807) is 14.0 Å². The minimum atomic E-state index is -0.484. The number of nitrogens with zero attached hydrogens (tertiary/aromatic N) is 3. The molecule has 0 radical (unpaired) electrons. The summed E-state index contributed by atoms with van der Waals surface area (Å²) < 4.78 is 10.5. The molecule has 0 unspecified atom stereocenters. The molecule has 130 valence electrons. The third-order valence-electron chi connectivity index (χ3n) is 3.86. The van der Waals surface area contributed by atoms with Gasteiger partial charge in [-0.3, -0.25) is 4.90 Å². The van der Waals surface area contributed by atoms with Gasteiger partial charge < -0.3 is 9.47 Å². The fourth-order valence-corrected chi connectivity index (χ4v) is 2.51. The zero-order valence-corrected chi connectivity index (χ0v) is 14.6. The van der Waals surface area contributed by atoms with E-state index >= 15 is 0 Å². The third-order valence-corrected chi connectivity index (χ3v) is 3.86. The first-order valence-corrected chi connectivity index (χ1v) is 8.12. The van der Waals surface area contributed by atoms with Crippen LogP contribution in [0.4, 0.5) is 0 Å². The number of rotatable bonds is 8. The van der Waals surface area contributed by atoms with E-state index < -0.39 is 5.97 Å². The van der Waals surface area contributed by atoms with Gasteiger partial charge in [-0.25, -0.2) is 4.79 Å². The van der Waals surface area contributed by atoms with E-state index in [-0.39, 0.29) is 5.69 Å². The lowest BCUT2D eigenvalue weighted by atomic mass is 10.0. The summed E-state index contributed by atoms with van der Waals surface area (Å²) in [6.07, 6.45) is 0. The number of aromatic amines is 1. The van der Waals surface area contributed by atoms with Gasteiger partial charge in [0, 0.05) is 17.7 Å². The van der Waals surface area contributed by atoms with Crippen LogP contribution in [-0.2, 0) is 11.3 Å². The Morgan fingerprint density at radius 2 is 1.96 bits per heavy atom. The molecule has 1 aromatic heterocycles. The molecule has 7 nitrogen and oxygen atoms in total. The molecule has 0 aliphatic carbocycles. The Bertz CT molecular complexity index is 680. The molecule has 2 rings (SSSR count). The van der Waals surface area contributed by atoms with Gasteiger partial charge in [0.15, 0.2) is 5.69 Å². The third kappa shape index (κ3) is 3.91. The summed E-state index contributed by atoms with van der Waals surface area (Å²) in [5, 5.41) is 10.5. The predicted molar refractivity (Wildman–Crippen MR) is 91.0 cm³/mol. The first-order valence-electron chi connectivity index (χ1n) is 8.12. The number of hydrogen-bond acceptors (Lipinski definition) is 6. The topological polar surface area (TPSA) is 80.3 Å². The number of nitrogens with one attached hydrogen (secondary N) is 1. The average Bonchev–Trinajstić information content (AvgIpc) is 3.09. The highest BCUT2D eigenvalue weighted by Crippen LogP contribution is 2.28. The van der Waals surface area contributed by atoms with Crippen molar-refractivity contribution in [3.8, 4) is 17.0 Å². The number of methoxy groups -OCH3 is 1. The molecule has 24 heavy (non-hydrogen) atoms. The molecule has 0 bridgehead atoms. The molecule has 0 aliphatic rings. The number of ether oxygens (including phenoxy) is 2. The number of H-pyrrole nitrogens is 1. The average molecular weight is 332 g/mol. The predicted octanol–water partition coefficient (Wildman–Crippen LogP) is 2.50. The molecule has 1 aromatic carbocycles. The number of hydrogen-bond donors (Lipinski definition) is 1. The molecular weight excluding hydrogens is 308 g/mol. The van der Waals surface area contributed by atoms with Crippen LogP contribution in [0.3, 0.4) is 0 Å². The molecule has 0 aliphatic heterocycles. The van der Waals surface area contributed by atoms with Gasteiger partial charge in [0.25, 0.3) is 0 Å². The number of carbonyl (C=O) groups excluding carboxylic acids is 1. The quantitative estimate of drug-likeness (QED) is 0.748. The SMILES string of the molecule is CCOC(=O)c1n[nH]nc1-c1ccc(OC)c(CN(CC)CC)c1. The van der Waals surface area contributed by atoms with E-state index in [0.29, 0.717) is 12.3 Å². The normalized spacial score (nSPS) is 10.9. The molecule has 0 spiro atoms. The van der Waals surface area contributed by atoms with Crippen LogP contribution in [0.1, 0.15) is 36.8 Å². The summed E-state index contributed by atoms with van der Waals surface area (Å²) in [6, 6.07) is 5.74. The first-order chi connectivity index (χ1) is 11.6. The molecule has 0 fully saturated rings. The number of esters is 1. The summed E-state index contributed by atoms with van der Waals surface area (Å²) in [4.78, 5) is 14.3. The second kappa shape index (κ2) is 8.44. The fourth-order valence-electron chi connectivity index (χ4n) is 2.51. The fraction of sp³-hybridized carbons (Fsp3) is 0.471. The van der Waals surface area contributed by atoms with Crippen LogP contribution in [0.15, 0.2) is 18.2 Å². The van der Waals surface area contributed by atoms with Crippen molar-refractivity contribution < 1.29 is 14.3 Å². The van der Waals surface area contributed by atoms with E-state index in [1.807, 2.05) is 18.2 Å². The Kier molecular flexibility index (Phi) is 6.31. The Labute approximate surface area is 142 Å². The Morgan fingerprint density at radius 3 is 2.58 bits per heavy atom. The lowest BCUT2D eigenvalue weighted by Crippen LogP contribution is -2.22. The maximum atomic E-state index is 12.0. The van der Waals surface area contributed by atoms with E-state index in [2.05, 4.69) is 34.2 Å². The smallest absolute Gasteiger partial charge is 0.361 e. The number of carbonyl (C=O) groups is 1. The highest BCUT2D eigenvalue weighted by molar-refractivity contribution is 5.94. The van der Waals surface area contributed by atoms with Gasteiger partial charge in [-0.15, -0.1) is 5.10 Å². The zero-order chi connectivity index (χ0) is 17.5. The van der Waals surface area contributed by atoms with Crippen LogP contribution in [-0.4, -0.2) is 53.1 Å². The van der Waals surface area contributed by atoms with Crippen molar-refractivity contribution in [2.45, 2.75) is 27.3 Å². The van der Waals surface area contributed by atoms with Crippen LogP contribution in [0.5, 0.6) is 5.75 Å². The van der Waals surface area contributed by atoms with E-state index in [0.717, 1.165) is 36.5 Å². The van der Waals surface area contributed by atoms with Gasteiger partial charge in [0.2, 0.25) is 0 Å².